The van der Waals surface area contributed by atoms with Crippen LogP contribution < -0.4 is 5.32 Å². The number of aromatic nitrogens is 3. The largest absolute Gasteiger partial charge is 0.312 e. The van der Waals surface area contributed by atoms with Gasteiger partial charge in [-0.15, -0.1) is 0 Å². The van der Waals surface area contributed by atoms with Gasteiger partial charge in [0.15, 0.2) is 5.65 Å². The lowest BCUT2D eigenvalue weighted by Crippen LogP contribution is -2.29. The Kier molecular flexibility index (Phi) is 4.76. The summed E-state index contributed by atoms with van der Waals surface area (Å²) in [6.07, 6.45) is 3.99. The zero-order valence-electron chi connectivity index (χ0n) is 13.2. The maximum atomic E-state index is 4.43. The van der Waals surface area contributed by atoms with Crippen LogP contribution in [0, 0.1) is 24.7 Å². The van der Waals surface area contributed by atoms with Crippen LogP contribution >= 0.6 is 0 Å². The molecule has 2 aromatic heterocycles. The zero-order chi connectivity index (χ0) is 14.7. The first kappa shape index (κ1) is 15.0. The molecule has 0 aromatic carbocycles. The maximum absolute atomic E-state index is 4.43. The molecule has 0 radical (unpaired) electrons. The number of nitrogens with zero attached hydrogens (tertiary/aromatic N) is 3. The lowest BCUT2D eigenvalue weighted by atomic mass is 9.85. The van der Waals surface area contributed by atoms with Gasteiger partial charge in [0.25, 0.3) is 0 Å². The molecular weight excluding hydrogens is 248 g/mol. The molecule has 2 aromatic rings. The van der Waals surface area contributed by atoms with E-state index >= 15 is 0 Å². The van der Waals surface area contributed by atoms with Crippen molar-refractivity contribution >= 4 is 5.65 Å². The van der Waals surface area contributed by atoms with Gasteiger partial charge in [-0.1, -0.05) is 27.7 Å². The van der Waals surface area contributed by atoms with Crippen LogP contribution in [0.15, 0.2) is 18.5 Å². The molecule has 0 bridgehead atoms. The first-order chi connectivity index (χ1) is 9.47. The third kappa shape index (κ3) is 3.57. The molecule has 4 nitrogen and oxygen atoms in total. The molecule has 0 unspecified atom stereocenters. The molecular formula is C16H26N4. The van der Waals surface area contributed by atoms with E-state index in [1.807, 2.05) is 23.7 Å². The van der Waals surface area contributed by atoms with Crippen LogP contribution in [-0.2, 0) is 6.54 Å². The predicted octanol–water partition coefficient (Wildman–Crippen LogP) is 3.06. The van der Waals surface area contributed by atoms with Crippen molar-refractivity contribution in [3.63, 3.8) is 0 Å². The lowest BCUT2D eigenvalue weighted by molar-refractivity contribution is 0.275. The molecule has 4 heteroatoms. The summed E-state index contributed by atoms with van der Waals surface area (Å²) in [6.45, 7) is 13.1. The maximum Gasteiger partial charge on any atom is 0.155 e. The molecule has 0 aliphatic rings. The Bertz CT molecular complexity index is 549. The molecule has 0 amide bonds. The van der Waals surface area contributed by atoms with Gasteiger partial charge in [-0.25, -0.2) is 9.50 Å². The summed E-state index contributed by atoms with van der Waals surface area (Å²) in [4.78, 5) is 4.43. The van der Waals surface area contributed by atoms with Crippen LogP contribution in [0.2, 0.25) is 0 Å². The Labute approximate surface area is 121 Å². The van der Waals surface area contributed by atoms with E-state index in [0.29, 0.717) is 17.8 Å². The van der Waals surface area contributed by atoms with E-state index in [1.54, 1.807) is 0 Å². The Balaban J connectivity index is 1.95. The SMILES string of the molecule is Cc1cc2ncc(CNCC(C(C)C)C(C)C)cn2n1. The van der Waals surface area contributed by atoms with E-state index in [9.17, 15) is 0 Å². The Morgan fingerprint density at radius 3 is 2.55 bits per heavy atom. The highest BCUT2D eigenvalue weighted by Crippen LogP contribution is 2.19. The molecule has 20 heavy (non-hydrogen) atoms. The van der Waals surface area contributed by atoms with E-state index in [1.165, 1.54) is 5.56 Å². The Morgan fingerprint density at radius 2 is 1.90 bits per heavy atom. The Morgan fingerprint density at radius 1 is 1.20 bits per heavy atom. The van der Waals surface area contributed by atoms with Crippen molar-refractivity contribution in [1.29, 1.82) is 0 Å². The monoisotopic (exact) mass is 274 g/mol. The Hall–Kier alpha value is -1.42. The van der Waals surface area contributed by atoms with E-state index in [2.05, 4.69) is 49.3 Å². The second kappa shape index (κ2) is 6.35. The minimum Gasteiger partial charge on any atom is -0.312 e. The summed E-state index contributed by atoms with van der Waals surface area (Å²) in [7, 11) is 0. The van der Waals surface area contributed by atoms with E-state index in [4.69, 9.17) is 0 Å². The van der Waals surface area contributed by atoms with Crippen molar-refractivity contribution < 1.29 is 0 Å². The first-order valence-electron chi connectivity index (χ1n) is 7.49. The number of rotatable bonds is 6. The molecule has 0 aliphatic heterocycles. The van der Waals surface area contributed by atoms with E-state index < -0.39 is 0 Å². The minimum atomic E-state index is 0.705. The fourth-order valence-electron chi connectivity index (χ4n) is 2.75. The average molecular weight is 274 g/mol. The van der Waals surface area contributed by atoms with Gasteiger partial charge < -0.3 is 5.32 Å². The first-order valence-corrected chi connectivity index (χ1v) is 7.49. The van der Waals surface area contributed by atoms with Crippen molar-refractivity contribution in [2.45, 2.75) is 41.2 Å². The average Bonchev–Trinajstić information content (AvgIpc) is 2.72. The van der Waals surface area contributed by atoms with Gasteiger partial charge >= 0.3 is 0 Å². The van der Waals surface area contributed by atoms with Crippen LogP contribution in [0.3, 0.4) is 0 Å². The number of hydrogen-bond acceptors (Lipinski definition) is 3. The van der Waals surface area contributed by atoms with Crippen molar-refractivity contribution in [2.24, 2.45) is 17.8 Å². The van der Waals surface area contributed by atoms with Crippen molar-refractivity contribution in [3.05, 3.63) is 29.7 Å². The van der Waals surface area contributed by atoms with Gasteiger partial charge in [0.05, 0.1) is 5.69 Å². The summed E-state index contributed by atoms with van der Waals surface area (Å²) >= 11 is 0. The highest BCUT2D eigenvalue weighted by Gasteiger charge is 2.16. The minimum absolute atomic E-state index is 0.705. The van der Waals surface area contributed by atoms with Crippen LogP contribution in [-0.4, -0.2) is 21.1 Å². The third-order valence-corrected chi connectivity index (χ3v) is 3.91. The summed E-state index contributed by atoms with van der Waals surface area (Å²) < 4.78 is 1.86. The standard InChI is InChI=1S/C16H26N4/c1-11(2)15(12(3)4)9-17-7-14-8-18-16-6-13(5)19-20(16)10-14/h6,8,10-12,15,17H,7,9H2,1-5H3. The summed E-state index contributed by atoms with van der Waals surface area (Å²) in [5.74, 6) is 2.12. The van der Waals surface area contributed by atoms with Gasteiger partial charge in [0, 0.05) is 30.6 Å². The van der Waals surface area contributed by atoms with Crippen LogP contribution in [0.1, 0.15) is 39.0 Å². The van der Waals surface area contributed by atoms with Crippen molar-refractivity contribution in [2.75, 3.05) is 6.54 Å². The fraction of sp³-hybridized carbons (Fsp3) is 0.625. The lowest BCUT2D eigenvalue weighted by Gasteiger charge is -2.25. The molecule has 0 spiro atoms. The molecule has 2 heterocycles. The van der Waals surface area contributed by atoms with Crippen LogP contribution in [0.25, 0.3) is 5.65 Å². The second-order valence-corrected chi connectivity index (χ2v) is 6.33. The van der Waals surface area contributed by atoms with Gasteiger partial charge in [0.2, 0.25) is 0 Å². The normalized spacial score (nSPS) is 12.2. The van der Waals surface area contributed by atoms with E-state index in [-0.39, 0.29) is 0 Å². The number of fused-ring (bicyclic) bond motifs is 1. The molecule has 0 atom stereocenters. The third-order valence-electron chi connectivity index (χ3n) is 3.91. The summed E-state index contributed by atoms with van der Waals surface area (Å²) in [5.41, 5.74) is 3.09. The number of hydrogen-bond donors (Lipinski definition) is 1. The van der Waals surface area contributed by atoms with Crippen LogP contribution in [0.4, 0.5) is 0 Å². The van der Waals surface area contributed by atoms with Crippen LogP contribution in [0.5, 0.6) is 0 Å². The molecule has 0 aliphatic carbocycles. The van der Waals surface area contributed by atoms with Gasteiger partial charge in [-0.2, -0.15) is 5.10 Å². The summed E-state index contributed by atoms with van der Waals surface area (Å²) in [5, 5.41) is 7.95. The van der Waals surface area contributed by atoms with Gasteiger partial charge in [0.1, 0.15) is 0 Å². The van der Waals surface area contributed by atoms with Crippen molar-refractivity contribution in [3.8, 4) is 0 Å². The summed E-state index contributed by atoms with van der Waals surface area (Å²) in [6, 6.07) is 1.99. The quantitative estimate of drug-likeness (QED) is 0.880. The smallest absolute Gasteiger partial charge is 0.155 e. The van der Waals surface area contributed by atoms with Gasteiger partial charge in [-0.05, 0) is 31.2 Å². The van der Waals surface area contributed by atoms with Crippen molar-refractivity contribution in [1.82, 2.24) is 19.9 Å². The highest BCUT2D eigenvalue weighted by molar-refractivity contribution is 5.38. The predicted molar refractivity (Wildman–Crippen MR) is 82.6 cm³/mol. The zero-order valence-corrected chi connectivity index (χ0v) is 13.2. The second-order valence-electron chi connectivity index (χ2n) is 6.33. The number of aryl methyl sites for hydroxylation is 1. The topological polar surface area (TPSA) is 42.2 Å². The molecule has 1 N–H and O–H groups in total. The molecule has 0 saturated heterocycles. The number of nitrogens with one attached hydrogen (secondary N) is 1. The molecule has 0 saturated carbocycles. The molecule has 2 rings (SSSR count). The highest BCUT2D eigenvalue weighted by atomic mass is 15.2. The molecule has 0 fully saturated rings. The fourth-order valence-corrected chi connectivity index (χ4v) is 2.75. The van der Waals surface area contributed by atoms with E-state index in [0.717, 1.165) is 24.4 Å². The van der Waals surface area contributed by atoms with Gasteiger partial charge in [-0.3, -0.25) is 0 Å². The molecule has 110 valence electrons.